The van der Waals surface area contributed by atoms with Crippen LogP contribution < -0.4 is 0 Å². The molecule has 0 radical (unpaired) electrons. The SMILES string of the molecule is CCn1nc(CCC(C)Cl)c2ccccc21. The molecule has 2 rings (SSSR count). The average molecular weight is 237 g/mol. The molecule has 3 heteroatoms. The van der Waals surface area contributed by atoms with Crippen molar-refractivity contribution < 1.29 is 0 Å². The number of para-hydroxylation sites is 1. The topological polar surface area (TPSA) is 17.8 Å². The van der Waals surface area contributed by atoms with Crippen LogP contribution >= 0.6 is 11.6 Å². The summed E-state index contributed by atoms with van der Waals surface area (Å²) in [6, 6.07) is 8.39. The van der Waals surface area contributed by atoms with Gasteiger partial charge in [-0.3, -0.25) is 4.68 Å². The van der Waals surface area contributed by atoms with Crippen molar-refractivity contribution in [3.63, 3.8) is 0 Å². The van der Waals surface area contributed by atoms with E-state index in [1.807, 2.05) is 6.92 Å². The lowest BCUT2D eigenvalue weighted by molar-refractivity contribution is 0.658. The third-order valence-corrected chi connectivity index (χ3v) is 3.03. The number of halogens is 1. The number of hydrogen-bond acceptors (Lipinski definition) is 1. The molecule has 0 saturated heterocycles. The van der Waals surface area contributed by atoms with E-state index >= 15 is 0 Å². The van der Waals surface area contributed by atoms with Crippen LogP contribution in [0.3, 0.4) is 0 Å². The van der Waals surface area contributed by atoms with Crippen LogP contribution in [0.2, 0.25) is 0 Å². The predicted octanol–water partition coefficient (Wildman–Crippen LogP) is 3.62. The largest absolute Gasteiger partial charge is 0.265 e. The molecule has 1 unspecified atom stereocenters. The van der Waals surface area contributed by atoms with E-state index in [1.54, 1.807) is 0 Å². The van der Waals surface area contributed by atoms with Gasteiger partial charge in [-0.2, -0.15) is 5.10 Å². The molecule has 1 aromatic carbocycles. The van der Waals surface area contributed by atoms with Crippen molar-refractivity contribution in [2.45, 2.75) is 38.6 Å². The maximum absolute atomic E-state index is 5.98. The number of aromatic nitrogens is 2. The van der Waals surface area contributed by atoms with Crippen LogP contribution in [0.5, 0.6) is 0 Å². The first-order chi connectivity index (χ1) is 7.72. The Labute approximate surface area is 101 Å². The lowest BCUT2D eigenvalue weighted by Gasteiger charge is -1.99. The first-order valence-corrected chi connectivity index (χ1v) is 6.24. The van der Waals surface area contributed by atoms with Gasteiger partial charge in [-0.25, -0.2) is 0 Å². The number of hydrogen-bond donors (Lipinski definition) is 0. The highest BCUT2D eigenvalue weighted by molar-refractivity contribution is 6.20. The number of nitrogens with zero attached hydrogens (tertiary/aromatic N) is 2. The van der Waals surface area contributed by atoms with Crippen molar-refractivity contribution in [1.29, 1.82) is 0 Å². The second-order valence-electron chi connectivity index (χ2n) is 4.10. The van der Waals surface area contributed by atoms with E-state index in [0.29, 0.717) is 0 Å². The molecule has 0 amide bonds. The molecule has 1 atom stereocenters. The summed E-state index contributed by atoms with van der Waals surface area (Å²) in [5, 5.41) is 6.12. The maximum atomic E-state index is 5.98. The van der Waals surface area contributed by atoms with Crippen LogP contribution in [-0.4, -0.2) is 15.2 Å². The summed E-state index contributed by atoms with van der Waals surface area (Å²) in [4.78, 5) is 0. The Hall–Kier alpha value is -1.02. The molecule has 2 aromatic rings. The molecule has 0 aliphatic rings. The molecule has 0 bridgehead atoms. The van der Waals surface area contributed by atoms with Crippen LogP contribution in [-0.2, 0) is 13.0 Å². The van der Waals surface area contributed by atoms with Crippen LogP contribution in [0.1, 0.15) is 26.0 Å². The summed E-state index contributed by atoms with van der Waals surface area (Å²) < 4.78 is 2.06. The lowest BCUT2D eigenvalue weighted by Crippen LogP contribution is -1.99. The fourth-order valence-electron chi connectivity index (χ4n) is 1.96. The van der Waals surface area contributed by atoms with E-state index in [-0.39, 0.29) is 5.38 Å². The Bertz CT molecular complexity index is 474. The molecule has 0 N–H and O–H groups in total. The molecular formula is C13H17ClN2. The van der Waals surface area contributed by atoms with E-state index in [2.05, 4.69) is 41.0 Å². The first kappa shape index (κ1) is 11.5. The van der Waals surface area contributed by atoms with Gasteiger partial charge < -0.3 is 0 Å². The van der Waals surface area contributed by atoms with Gasteiger partial charge in [-0.05, 0) is 32.8 Å². The van der Waals surface area contributed by atoms with Gasteiger partial charge >= 0.3 is 0 Å². The van der Waals surface area contributed by atoms with E-state index in [9.17, 15) is 0 Å². The molecule has 1 heterocycles. The second kappa shape index (κ2) is 4.88. The number of aryl methyl sites for hydroxylation is 2. The highest BCUT2D eigenvalue weighted by Crippen LogP contribution is 2.20. The minimum Gasteiger partial charge on any atom is -0.265 e. The molecule has 0 aliphatic carbocycles. The summed E-state index contributed by atoms with van der Waals surface area (Å²) in [6.45, 7) is 5.06. The summed E-state index contributed by atoms with van der Waals surface area (Å²) in [5.74, 6) is 0. The normalized spacial score (nSPS) is 13.2. The predicted molar refractivity (Wildman–Crippen MR) is 69.0 cm³/mol. The number of rotatable bonds is 4. The molecule has 0 saturated carbocycles. The second-order valence-corrected chi connectivity index (χ2v) is 4.84. The van der Waals surface area contributed by atoms with Gasteiger partial charge in [0.25, 0.3) is 0 Å². The van der Waals surface area contributed by atoms with Crippen molar-refractivity contribution in [3.05, 3.63) is 30.0 Å². The van der Waals surface area contributed by atoms with Gasteiger partial charge in [0.2, 0.25) is 0 Å². The van der Waals surface area contributed by atoms with Gasteiger partial charge in [0, 0.05) is 17.3 Å². The summed E-state index contributed by atoms with van der Waals surface area (Å²) in [7, 11) is 0. The number of alkyl halides is 1. The number of benzene rings is 1. The van der Waals surface area contributed by atoms with Gasteiger partial charge in [-0.15, -0.1) is 11.6 Å². The smallest absolute Gasteiger partial charge is 0.0703 e. The van der Waals surface area contributed by atoms with Crippen molar-refractivity contribution in [2.75, 3.05) is 0 Å². The minimum absolute atomic E-state index is 0.213. The lowest BCUT2D eigenvalue weighted by atomic mass is 10.1. The molecule has 16 heavy (non-hydrogen) atoms. The average Bonchev–Trinajstić information content (AvgIpc) is 2.65. The van der Waals surface area contributed by atoms with Crippen LogP contribution in [0.4, 0.5) is 0 Å². The molecular weight excluding hydrogens is 220 g/mol. The minimum atomic E-state index is 0.213. The molecule has 2 nitrogen and oxygen atoms in total. The van der Waals surface area contributed by atoms with Crippen molar-refractivity contribution >= 4 is 22.5 Å². The highest BCUT2D eigenvalue weighted by Gasteiger charge is 2.09. The van der Waals surface area contributed by atoms with E-state index < -0.39 is 0 Å². The Kier molecular flexibility index (Phi) is 3.49. The number of fused-ring (bicyclic) bond motifs is 1. The molecule has 86 valence electrons. The Morgan fingerprint density at radius 1 is 1.38 bits per heavy atom. The third kappa shape index (κ3) is 2.22. The zero-order valence-corrected chi connectivity index (χ0v) is 10.5. The molecule has 0 fully saturated rings. The fraction of sp³-hybridized carbons (Fsp3) is 0.462. The fourth-order valence-corrected chi connectivity index (χ4v) is 2.07. The van der Waals surface area contributed by atoms with Gasteiger partial charge in [0.15, 0.2) is 0 Å². The van der Waals surface area contributed by atoms with Gasteiger partial charge in [0.1, 0.15) is 0 Å². The molecule has 1 aromatic heterocycles. The highest BCUT2D eigenvalue weighted by atomic mass is 35.5. The Morgan fingerprint density at radius 3 is 2.81 bits per heavy atom. The van der Waals surface area contributed by atoms with Crippen molar-refractivity contribution in [2.24, 2.45) is 0 Å². The van der Waals surface area contributed by atoms with Gasteiger partial charge in [-0.1, -0.05) is 18.2 Å². The van der Waals surface area contributed by atoms with Crippen molar-refractivity contribution in [1.82, 2.24) is 9.78 Å². The van der Waals surface area contributed by atoms with E-state index in [4.69, 9.17) is 11.6 Å². The molecule has 0 spiro atoms. The third-order valence-electron chi connectivity index (χ3n) is 2.81. The monoisotopic (exact) mass is 236 g/mol. The quantitative estimate of drug-likeness (QED) is 0.742. The summed E-state index contributed by atoms with van der Waals surface area (Å²) in [6.07, 6.45) is 1.93. The van der Waals surface area contributed by atoms with E-state index in [1.165, 1.54) is 16.6 Å². The van der Waals surface area contributed by atoms with E-state index in [0.717, 1.165) is 19.4 Å². The Morgan fingerprint density at radius 2 is 2.12 bits per heavy atom. The van der Waals surface area contributed by atoms with Gasteiger partial charge in [0.05, 0.1) is 11.2 Å². The Balaban J connectivity index is 2.37. The molecule has 0 aliphatic heterocycles. The van der Waals surface area contributed by atoms with Crippen LogP contribution in [0.15, 0.2) is 24.3 Å². The zero-order chi connectivity index (χ0) is 11.5. The van der Waals surface area contributed by atoms with Crippen LogP contribution in [0, 0.1) is 0 Å². The standard InChI is InChI=1S/C13H17ClN2/c1-3-16-13-7-5-4-6-11(13)12(15-16)9-8-10(2)14/h4-7,10H,3,8-9H2,1-2H3. The van der Waals surface area contributed by atoms with Crippen molar-refractivity contribution in [3.8, 4) is 0 Å². The summed E-state index contributed by atoms with van der Waals surface area (Å²) >= 11 is 5.98. The maximum Gasteiger partial charge on any atom is 0.0703 e. The first-order valence-electron chi connectivity index (χ1n) is 5.81. The summed E-state index contributed by atoms with van der Waals surface area (Å²) in [5.41, 5.74) is 2.40. The van der Waals surface area contributed by atoms with Crippen LogP contribution in [0.25, 0.3) is 10.9 Å². The zero-order valence-electron chi connectivity index (χ0n) is 9.78.